The second kappa shape index (κ2) is 7.98. The zero-order valence-electron chi connectivity index (χ0n) is 17.7. The zero-order chi connectivity index (χ0) is 20.6. The van der Waals surface area contributed by atoms with Gasteiger partial charge in [-0.3, -0.25) is 0 Å². The summed E-state index contributed by atoms with van der Waals surface area (Å²) >= 11 is 0. The summed E-state index contributed by atoms with van der Waals surface area (Å²) in [6.45, 7) is 5.42. The van der Waals surface area contributed by atoms with Crippen LogP contribution in [0.25, 0.3) is 0 Å². The molecule has 1 heterocycles. The highest BCUT2D eigenvalue weighted by atomic mass is 16.6. The van der Waals surface area contributed by atoms with Crippen molar-refractivity contribution < 1.29 is 24.1 Å². The van der Waals surface area contributed by atoms with Gasteiger partial charge in [0.25, 0.3) is 0 Å². The Balaban J connectivity index is 1.62. The molecule has 156 valence electrons. The first-order chi connectivity index (χ1) is 14.0. The number of fused-ring (bicyclic) bond motifs is 3. The lowest BCUT2D eigenvalue weighted by atomic mass is 9.83. The zero-order valence-corrected chi connectivity index (χ0v) is 17.7. The highest BCUT2D eigenvalue weighted by Gasteiger charge is 2.53. The molecule has 4 rings (SSSR count). The molecule has 0 bridgehead atoms. The highest BCUT2D eigenvalue weighted by Crippen LogP contribution is 2.61. The molecule has 3 atom stereocenters. The van der Waals surface area contributed by atoms with Crippen LogP contribution in [0.1, 0.15) is 47.3 Å². The molecule has 1 N–H and O–H groups in total. The minimum absolute atomic E-state index is 0.142. The highest BCUT2D eigenvalue weighted by molar-refractivity contribution is 5.63. The second-order valence-corrected chi connectivity index (χ2v) is 8.36. The Morgan fingerprint density at radius 3 is 2.55 bits per heavy atom. The first kappa shape index (κ1) is 20.2. The van der Waals surface area contributed by atoms with E-state index in [0.29, 0.717) is 19.6 Å². The van der Waals surface area contributed by atoms with Crippen molar-refractivity contribution in [3.63, 3.8) is 0 Å². The van der Waals surface area contributed by atoms with Gasteiger partial charge < -0.3 is 24.1 Å². The lowest BCUT2D eigenvalue weighted by Crippen LogP contribution is -2.16. The minimum atomic E-state index is -0.729. The summed E-state index contributed by atoms with van der Waals surface area (Å²) in [5.74, 6) is 1.76. The number of methoxy groups -OCH3 is 2. The predicted molar refractivity (Wildman–Crippen MR) is 110 cm³/mol. The Morgan fingerprint density at radius 2 is 1.86 bits per heavy atom. The van der Waals surface area contributed by atoms with E-state index in [1.54, 1.807) is 14.2 Å². The van der Waals surface area contributed by atoms with E-state index in [4.69, 9.17) is 18.9 Å². The molecule has 29 heavy (non-hydrogen) atoms. The first-order valence-corrected chi connectivity index (χ1v) is 10.2. The maximum atomic E-state index is 10.1. The van der Waals surface area contributed by atoms with E-state index in [1.807, 2.05) is 18.2 Å². The molecule has 1 saturated heterocycles. The average molecular weight is 398 g/mol. The standard InChI is InChI=1S/C24H30O5/c1-15-17(10-11-28-14-16-8-6-5-7-9-16)22(27-4)20-18(21(15)26-3)12-24(2)13-19(25)29-23(20)24/h5-9,19,23,25H,10-14H2,1-4H3/t19?,23-,24-/m1/s1. The second-order valence-electron chi connectivity index (χ2n) is 8.36. The number of hydrogen-bond donors (Lipinski definition) is 1. The Hall–Kier alpha value is -2.08. The van der Waals surface area contributed by atoms with Gasteiger partial charge in [-0.2, -0.15) is 0 Å². The summed E-state index contributed by atoms with van der Waals surface area (Å²) in [4.78, 5) is 0. The topological polar surface area (TPSA) is 57.2 Å². The Kier molecular flexibility index (Phi) is 5.56. The number of rotatable bonds is 7. The van der Waals surface area contributed by atoms with Crippen LogP contribution >= 0.6 is 0 Å². The molecule has 1 fully saturated rings. The van der Waals surface area contributed by atoms with Gasteiger partial charge in [0.2, 0.25) is 0 Å². The maximum Gasteiger partial charge on any atom is 0.156 e. The Morgan fingerprint density at radius 1 is 1.14 bits per heavy atom. The van der Waals surface area contributed by atoms with E-state index in [1.165, 1.54) is 0 Å². The third-order valence-corrected chi connectivity index (χ3v) is 6.34. The Labute approximate surface area is 172 Å². The number of aliphatic hydroxyl groups excluding tert-OH is 1. The van der Waals surface area contributed by atoms with Crippen LogP contribution in [-0.2, 0) is 28.9 Å². The van der Waals surface area contributed by atoms with Crippen molar-refractivity contribution in [2.45, 2.75) is 52.1 Å². The molecule has 5 nitrogen and oxygen atoms in total. The van der Waals surface area contributed by atoms with Gasteiger partial charge in [-0.25, -0.2) is 0 Å². The third kappa shape index (κ3) is 3.52. The summed E-state index contributed by atoms with van der Waals surface area (Å²) in [6.07, 6.45) is 1.24. The molecule has 1 aliphatic carbocycles. The summed E-state index contributed by atoms with van der Waals surface area (Å²) < 4.78 is 23.6. The third-order valence-electron chi connectivity index (χ3n) is 6.34. The quantitative estimate of drug-likeness (QED) is 0.711. The van der Waals surface area contributed by atoms with Gasteiger partial charge in [0.05, 0.1) is 33.5 Å². The SMILES string of the molecule is COc1c(C)c(CCOCc2ccccc2)c(OC)c2c1C[C@]1(C)CC(O)O[C@H]21. The first-order valence-electron chi connectivity index (χ1n) is 10.2. The summed E-state index contributed by atoms with van der Waals surface area (Å²) in [6, 6.07) is 10.2. The monoisotopic (exact) mass is 398 g/mol. The van der Waals surface area contributed by atoms with Crippen molar-refractivity contribution in [2.24, 2.45) is 5.41 Å². The number of ether oxygens (including phenoxy) is 4. The van der Waals surface area contributed by atoms with Crippen molar-refractivity contribution in [3.8, 4) is 11.5 Å². The van der Waals surface area contributed by atoms with Crippen molar-refractivity contribution >= 4 is 0 Å². The smallest absolute Gasteiger partial charge is 0.156 e. The van der Waals surface area contributed by atoms with Crippen LogP contribution in [0.2, 0.25) is 0 Å². The van der Waals surface area contributed by atoms with Gasteiger partial charge >= 0.3 is 0 Å². The van der Waals surface area contributed by atoms with Gasteiger partial charge in [0, 0.05) is 28.5 Å². The van der Waals surface area contributed by atoms with Crippen molar-refractivity contribution in [2.75, 3.05) is 20.8 Å². The van der Waals surface area contributed by atoms with Gasteiger partial charge in [0.1, 0.15) is 11.5 Å². The molecule has 2 aromatic rings. The lowest BCUT2D eigenvalue weighted by Gasteiger charge is -2.23. The van der Waals surface area contributed by atoms with Crippen molar-refractivity contribution in [1.82, 2.24) is 0 Å². The Bertz CT molecular complexity index is 879. The predicted octanol–water partition coefficient (Wildman–Crippen LogP) is 4.11. The average Bonchev–Trinajstić information content (AvgIpc) is 3.14. The van der Waals surface area contributed by atoms with Crippen LogP contribution in [0.5, 0.6) is 11.5 Å². The molecule has 0 aromatic heterocycles. The van der Waals surface area contributed by atoms with E-state index in [2.05, 4.69) is 26.0 Å². The van der Waals surface area contributed by atoms with Crippen LogP contribution in [0.3, 0.4) is 0 Å². The van der Waals surface area contributed by atoms with Gasteiger partial charge in [-0.1, -0.05) is 37.3 Å². The molecule has 1 aliphatic heterocycles. The van der Waals surface area contributed by atoms with E-state index in [-0.39, 0.29) is 11.5 Å². The van der Waals surface area contributed by atoms with Crippen LogP contribution in [0.4, 0.5) is 0 Å². The van der Waals surface area contributed by atoms with Gasteiger partial charge in [-0.15, -0.1) is 0 Å². The van der Waals surface area contributed by atoms with Crippen LogP contribution < -0.4 is 9.47 Å². The number of benzene rings is 2. The summed E-state index contributed by atoms with van der Waals surface area (Å²) in [7, 11) is 3.42. The minimum Gasteiger partial charge on any atom is -0.496 e. The normalized spacial score (nSPS) is 25.0. The van der Waals surface area contributed by atoms with E-state index in [9.17, 15) is 5.11 Å². The molecular weight excluding hydrogens is 368 g/mol. The summed E-state index contributed by atoms with van der Waals surface area (Å²) in [5, 5.41) is 10.1. The molecular formula is C24H30O5. The van der Waals surface area contributed by atoms with Crippen molar-refractivity contribution in [1.29, 1.82) is 0 Å². The lowest BCUT2D eigenvalue weighted by molar-refractivity contribution is -0.0952. The number of hydrogen-bond acceptors (Lipinski definition) is 5. The molecule has 0 amide bonds. The van der Waals surface area contributed by atoms with E-state index < -0.39 is 6.29 Å². The molecule has 0 saturated carbocycles. The van der Waals surface area contributed by atoms with Gasteiger partial charge in [-0.05, 0) is 30.9 Å². The largest absolute Gasteiger partial charge is 0.496 e. The van der Waals surface area contributed by atoms with E-state index >= 15 is 0 Å². The fraction of sp³-hybridized carbons (Fsp3) is 0.500. The molecule has 5 heteroatoms. The summed E-state index contributed by atoms with van der Waals surface area (Å²) in [5.41, 5.74) is 5.38. The van der Waals surface area contributed by atoms with E-state index in [0.717, 1.165) is 52.2 Å². The maximum absolute atomic E-state index is 10.1. The molecule has 0 radical (unpaired) electrons. The van der Waals surface area contributed by atoms with Crippen LogP contribution in [-0.4, -0.2) is 32.2 Å². The molecule has 2 aromatic carbocycles. The fourth-order valence-electron chi connectivity index (χ4n) is 5.02. The molecule has 2 aliphatic rings. The van der Waals surface area contributed by atoms with Crippen molar-refractivity contribution in [3.05, 3.63) is 58.1 Å². The van der Waals surface area contributed by atoms with Crippen LogP contribution in [0, 0.1) is 12.3 Å². The molecule has 1 unspecified atom stereocenters. The fourth-order valence-corrected chi connectivity index (χ4v) is 5.02. The number of aliphatic hydroxyl groups is 1. The van der Waals surface area contributed by atoms with Crippen LogP contribution in [0.15, 0.2) is 30.3 Å². The van der Waals surface area contributed by atoms with Gasteiger partial charge in [0.15, 0.2) is 6.29 Å². The molecule has 0 spiro atoms.